The van der Waals surface area contributed by atoms with Crippen LogP contribution in [0.3, 0.4) is 0 Å². The van der Waals surface area contributed by atoms with Crippen LogP contribution in [-0.2, 0) is 0 Å². The first-order valence-electron chi connectivity index (χ1n) is 8.07. The number of hydrogen-bond acceptors (Lipinski definition) is 6. The van der Waals surface area contributed by atoms with E-state index in [9.17, 15) is 0 Å². The molecule has 2 heterocycles. The Kier molecular flexibility index (Phi) is 4.71. The quantitative estimate of drug-likeness (QED) is 0.877. The topological polar surface area (TPSA) is 86.5 Å². The lowest BCUT2D eigenvalue weighted by atomic mass is 9.99. The summed E-state index contributed by atoms with van der Waals surface area (Å²) in [5, 5.41) is 16.4. The smallest absolute Gasteiger partial charge is 0.226 e. The first kappa shape index (κ1) is 15.9. The van der Waals surface area contributed by atoms with Crippen molar-refractivity contribution in [3.63, 3.8) is 0 Å². The van der Waals surface area contributed by atoms with Gasteiger partial charge in [-0.05, 0) is 44.9 Å². The Morgan fingerprint density at radius 3 is 2.83 bits per heavy atom. The summed E-state index contributed by atoms with van der Waals surface area (Å²) in [6.45, 7) is 4.79. The average Bonchev–Trinajstić information content (AvgIpc) is 2.59. The van der Waals surface area contributed by atoms with Crippen molar-refractivity contribution in [2.45, 2.75) is 32.7 Å². The molecule has 2 N–H and O–H groups in total. The second kappa shape index (κ2) is 7.09. The highest BCUT2D eigenvalue weighted by atomic mass is 15.2. The lowest BCUT2D eigenvalue weighted by molar-refractivity contribution is 0.875. The van der Waals surface area contributed by atoms with Gasteiger partial charge in [0.2, 0.25) is 5.95 Å². The molecule has 2 aromatic rings. The van der Waals surface area contributed by atoms with Crippen molar-refractivity contribution in [2.75, 3.05) is 17.2 Å². The van der Waals surface area contributed by atoms with E-state index in [1.165, 1.54) is 5.57 Å². The zero-order valence-corrected chi connectivity index (χ0v) is 13.9. The molecule has 0 unspecified atom stereocenters. The molecule has 122 valence electrons. The van der Waals surface area contributed by atoms with E-state index >= 15 is 0 Å². The van der Waals surface area contributed by atoms with Crippen LogP contribution in [-0.4, -0.2) is 27.5 Å². The van der Waals surface area contributed by atoms with Crippen molar-refractivity contribution >= 4 is 22.8 Å². The largest absolute Gasteiger partial charge is 0.366 e. The van der Waals surface area contributed by atoms with Gasteiger partial charge in [0, 0.05) is 24.4 Å². The summed E-state index contributed by atoms with van der Waals surface area (Å²) in [5.41, 5.74) is 2.75. The molecule has 3 rings (SSSR count). The predicted molar refractivity (Wildman–Crippen MR) is 95.6 cm³/mol. The van der Waals surface area contributed by atoms with Crippen LogP contribution in [0.4, 0.5) is 11.8 Å². The molecule has 0 fully saturated rings. The third-order valence-electron chi connectivity index (χ3n) is 3.75. The number of allylic oxidation sites excluding steroid dienone is 3. The number of nitriles is 1. The van der Waals surface area contributed by atoms with Gasteiger partial charge in [-0.25, -0.2) is 4.98 Å². The van der Waals surface area contributed by atoms with Crippen LogP contribution in [0.2, 0.25) is 0 Å². The molecule has 0 saturated carbocycles. The van der Waals surface area contributed by atoms with E-state index in [0.29, 0.717) is 18.1 Å². The van der Waals surface area contributed by atoms with Crippen molar-refractivity contribution < 1.29 is 0 Å². The van der Waals surface area contributed by atoms with Gasteiger partial charge in [0.1, 0.15) is 5.82 Å². The van der Waals surface area contributed by atoms with E-state index in [2.05, 4.69) is 31.7 Å². The van der Waals surface area contributed by atoms with E-state index < -0.39 is 0 Å². The Morgan fingerprint density at radius 1 is 1.25 bits per heavy atom. The molecule has 0 amide bonds. The van der Waals surface area contributed by atoms with Gasteiger partial charge < -0.3 is 10.6 Å². The van der Waals surface area contributed by atoms with Crippen LogP contribution in [0.15, 0.2) is 41.6 Å². The van der Waals surface area contributed by atoms with Crippen LogP contribution < -0.4 is 10.6 Å². The fourth-order valence-electron chi connectivity index (χ4n) is 2.54. The lowest BCUT2D eigenvalue weighted by Gasteiger charge is -2.15. The van der Waals surface area contributed by atoms with E-state index in [1.807, 2.05) is 38.1 Å². The van der Waals surface area contributed by atoms with E-state index in [4.69, 9.17) is 5.26 Å². The molecule has 1 aliphatic carbocycles. The SMILES string of the molecule is CC(C)Nc1nc(NCC2=CC=C(C#N)CC2)c2cccnc2n1. The molecular weight excluding hydrogens is 300 g/mol. The number of fused-ring (bicyclic) bond motifs is 1. The summed E-state index contributed by atoms with van der Waals surface area (Å²) in [6.07, 6.45) is 7.34. The zero-order chi connectivity index (χ0) is 16.9. The summed E-state index contributed by atoms with van der Waals surface area (Å²) in [5.74, 6) is 1.34. The highest BCUT2D eigenvalue weighted by Crippen LogP contribution is 2.22. The standard InChI is InChI=1S/C18H20N6/c1-12(2)22-18-23-16-15(4-3-9-20-16)17(24-18)21-11-14-7-5-13(10-19)6-8-14/h3-5,7,9,12H,6,8,11H2,1-2H3,(H2,20,21,22,23,24). The Bertz CT molecular complexity index is 844. The van der Waals surface area contributed by atoms with Crippen molar-refractivity contribution in [1.82, 2.24) is 15.0 Å². The Morgan fingerprint density at radius 2 is 2.12 bits per heavy atom. The Balaban J connectivity index is 1.84. The van der Waals surface area contributed by atoms with Gasteiger partial charge in [-0.1, -0.05) is 11.6 Å². The van der Waals surface area contributed by atoms with Gasteiger partial charge in [-0.2, -0.15) is 15.2 Å². The summed E-state index contributed by atoms with van der Waals surface area (Å²) in [7, 11) is 0. The fourth-order valence-corrected chi connectivity index (χ4v) is 2.54. The predicted octanol–water partition coefficient (Wildman–Crippen LogP) is 3.43. The summed E-state index contributed by atoms with van der Waals surface area (Å²) in [4.78, 5) is 13.4. The third kappa shape index (κ3) is 3.69. The highest BCUT2D eigenvalue weighted by Gasteiger charge is 2.11. The molecule has 2 aromatic heterocycles. The van der Waals surface area contributed by atoms with Gasteiger partial charge in [0.05, 0.1) is 11.5 Å². The number of nitrogens with one attached hydrogen (secondary N) is 2. The molecule has 6 heteroatoms. The fraction of sp³-hybridized carbons (Fsp3) is 0.333. The molecule has 6 nitrogen and oxygen atoms in total. The first-order chi connectivity index (χ1) is 11.7. The number of nitrogens with zero attached hydrogens (tertiary/aromatic N) is 4. The summed E-state index contributed by atoms with van der Waals surface area (Å²) < 4.78 is 0. The maximum Gasteiger partial charge on any atom is 0.226 e. The number of aromatic nitrogens is 3. The number of hydrogen-bond donors (Lipinski definition) is 2. The van der Waals surface area contributed by atoms with Gasteiger partial charge in [0.25, 0.3) is 0 Å². The van der Waals surface area contributed by atoms with Crippen LogP contribution in [0.5, 0.6) is 0 Å². The maximum absolute atomic E-state index is 8.91. The molecule has 1 aliphatic rings. The third-order valence-corrected chi connectivity index (χ3v) is 3.75. The maximum atomic E-state index is 8.91. The van der Waals surface area contributed by atoms with Crippen molar-refractivity contribution in [3.05, 3.63) is 41.6 Å². The van der Waals surface area contributed by atoms with Gasteiger partial charge in [-0.15, -0.1) is 0 Å². The van der Waals surface area contributed by atoms with Crippen LogP contribution in [0.25, 0.3) is 11.0 Å². The minimum atomic E-state index is 0.245. The Labute approximate surface area is 141 Å². The molecule has 0 radical (unpaired) electrons. The van der Waals surface area contributed by atoms with Gasteiger partial charge in [-0.3, -0.25) is 0 Å². The van der Waals surface area contributed by atoms with Crippen LogP contribution in [0.1, 0.15) is 26.7 Å². The first-order valence-corrected chi connectivity index (χ1v) is 8.07. The average molecular weight is 320 g/mol. The van der Waals surface area contributed by atoms with Crippen molar-refractivity contribution in [3.8, 4) is 6.07 Å². The second-order valence-electron chi connectivity index (χ2n) is 6.05. The molecule has 0 atom stereocenters. The second-order valence-corrected chi connectivity index (χ2v) is 6.05. The van der Waals surface area contributed by atoms with Crippen LogP contribution in [0, 0.1) is 11.3 Å². The monoisotopic (exact) mass is 320 g/mol. The van der Waals surface area contributed by atoms with Gasteiger partial charge >= 0.3 is 0 Å². The zero-order valence-electron chi connectivity index (χ0n) is 13.9. The summed E-state index contributed by atoms with van der Waals surface area (Å²) in [6, 6.07) is 6.30. The van der Waals surface area contributed by atoms with E-state index in [0.717, 1.165) is 29.6 Å². The number of pyridine rings is 1. The molecule has 24 heavy (non-hydrogen) atoms. The molecule has 0 bridgehead atoms. The molecular formula is C18H20N6. The number of anilines is 2. The van der Waals surface area contributed by atoms with Crippen molar-refractivity contribution in [2.24, 2.45) is 0 Å². The molecule has 0 aromatic carbocycles. The lowest BCUT2D eigenvalue weighted by Crippen LogP contribution is -2.15. The minimum absolute atomic E-state index is 0.245. The number of rotatable bonds is 5. The van der Waals surface area contributed by atoms with E-state index in [-0.39, 0.29) is 6.04 Å². The van der Waals surface area contributed by atoms with Crippen molar-refractivity contribution in [1.29, 1.82) is 5.26 Å². The summed E-state index contributed by atoms with van der Waals surface area (Å²) >= 11 is 0. The van der Waals surface area contributed by atoms with E-state index in [1.54, 1.807) is 6.20 Å². The highest BCUT2D eigenvalue weighted by molar-refractivity contribution is 5.87. The molecule has 0 spiro atoms. The molecule has 0 aliphatic heterocycles. The Hall–Kier alpha value is -2.94. The van der Waals surface area contributed by atoms with Gasteiger partial charge in [0.15, 0.2) is 5.65 Å². The normalized spacial score (nSPS) is 14.1. The minimum Gasteiger partial charge on any atom is -0.366 e. The molecule has 0 saturated heterocycles. The van der Waals surface area contributed by atoms with Crippen LogP contribution >= 0.6 is 0 Å².